The summed E-state index contributed by atoms with van der Waals surface area (Å²) in [6.07, 6.45) is 0. The van der Waals surface area contributed by atoms with E-state index in [1.54, 1.807) is 9.13 Å². The molecular formula is C120H79BN4. The van der Waals surface area contributed by atoms with E-state index in [4.69, 9.17) is 0 Å². The summed E-state index contributed by atoms with van der Waals surface area (Å²) in [7, 11) is 0. The largest absolute Gasteiger partial charge is 0.310 e. The Kier molecular flexibility index (Phi) is 14.1. The first-order valence-electron chi connectivity index (χ1n) is 49.9. The van der Waals surface area contributed by atoms with Crippen molar-refractivity contribution in [1.82, 2.24) is 9.13 Å². The molecule has 4 nitrogen and oxygen atoms in total. The monoisotopic (exact) mass is 1600 g/mol. The van der Waals surface area contributed by atoms with Crippen molar-refractivity contribution in [2.45, 2.75) is 0 Å². The number of hydrogen-bond donors (Lipinski definition) is 0. The molecule has 4 heterocycles. The van der Waals surface area contributed by atoms with E-state index in [2.05, 4.69) is 210 Å². The number of hydrogen-bond acceptors (Lipinski definition) is 2. The Labute approximate surface area is 750 Å². The number of nitrogens with zero attached hydrogens (tertiary/aromatic N) is 4. The summed E-state index contributed by atoms with van der Waals surface area (Å²) < 4.78 is 159. The summed E-state index contributed by atoms with van der Waals surface area (Å²) in [4.78, 5) is 4.71. The van der Waals surface area contributed by atoms with Crippen LogP contribution < -0.4 is 26.2 Å². The quantitative estimate of drug-likeness (QED) is 0.0951. The van der Waals surface area contributed by atoms with Crippen molar-refractivity contribution < 1.29 is 21.9 Å². The lowest BCUT2D eigenvalue weighted by Gasteiger charge is -2.46. The first-order chi connectivity index (χ1) is 68.7. The van der Waals surface area contributed by atoms with Crippen LogP contribution in [0.1, 0.15) is 21.9 Å². The van der Waals surface area contributed by atoms with E-state index >= 15 is 0 Å². The van der Waals surface area contributed by atoms with Crippen molar-refractivity contribution in [2.24, 2.45) is 0 Å². The molecule has 5 heteroatoms. The molecule has 582 valence electrons. The van der Waals surface area contributed by atoms with Gasteiger partial charge >= 0.3 is 0 Å². The lowest BCUT2D eigenvalue weighted by atomic mass is 9.33. The van der Waals surface area contributed by atoms with Crippen LogP contribution in [-0.2, 0) is 0 Å². The van der Waals surface area contributed by atoms with E-state index in [0.29, 0.717) is 45.0 Å². The molecule has 0 radical (unpaired) electrons. The predicted octanol–water partition coefficient (Wildman–Crippen LogP) is 30.3. The standard InChI is InChI=1S/C120H79BN4/c1-9-35-80(36-10-1)88-51-33-53-90(67-88)106-74-96(85-45-19-6-20-46-85)75-107(91-54-34-52-89(68-91)81-37-11-2-12-38-81)120(106)125-115-79-99(123-112-61-31-27-57-102(112)103-58-28-32-62-113(103)123)64-66-109(115)121-108-65-63-98(122-110-59-29-25-55-100(110)101-56-26-30-60-111(101)122)78-114(108)124(119-104(86-47-21-7-22-48-86)72-95(84-43-17-5-18-44-84)73-105(119)87-49-23-8-24-50-87)116-76-97(77-117(125)118(116)121)94-70-92(82-39-13-3-14-40-82)69-93(71-94)83-41-15-4-16-42-83/h1-79H/i25D,26D,27D,28D,29D,30D,31D,32D,55D,56D,57D,58D,59D,60D,61D,62D. The van der Waals surface area contributed by atoms with Gasteiger partial charge in [0.25, 0.3) is 6.71 Å². The minimum absolute atomic E-state index is 0.0792. The van der Waals surface area contributed by atoms with Crippen LogP contribution in [0.15, 0.2) is 479 Å². The van der Waals surface area contributed by atoms with E-state index in [1.807, 2.05) is 182 Å². The molecule has 125 heavy (non-hydrogen) atoms. The smallest absolute Gasteiger partial charge is 0.252 e. The number of benzene rings is 20. The average molecular weight is 1600 g/mol. The molecule has 2 aliphatic rings. The molecule has 22 aromatic rings. The molecule has 0 fully saturated rings. The molecule has 0 unspecified atom stereocenters. The third-order valence-electron chi connectivity index (χ3n) is 24.7. The van der Waals surface area contributed by atoms with Crippen LogP contribution in [0.5, 0.6) is 0 Å². The zero-order valence-corrected chi connectivity index (χ0v) is 67.2. The van der Waals surface area contributed by atoms with Crippen LogP contribution in [0.3, 0.4) is 0 Å². The van der Waals surface area contributed by atoms with E-state index in [-0.39, 0.29) is 55.0 Å². The molecule has 0 atom stereocenters. The van der Waals surface area contributed by atoms with Crippen LogP contribution in [0.4, 0.5) is 34.1 Å². The molecule has 20 aromatic carbocycles. The second-order valence-electron chi connectivity index (χ2n) is 31.8. The highest BCUT2D eigenvalue weighted by molar-refractivity contribution is 7.00. The van der Waals surface area contributed by atoms with Crippen LogP contribution in [-0.4, -0.2) is 15.8 Å². The molecular weight excluding hydrogens is 1510 g/mol. The van der Waals surface area contributed by atoms with E-state index in [1.165, 1.54) is 0 Å². The van der Waals surface area contributed by atoms with Gasteiger partial charge in [-0.15, -0.1) is 0 Å². The number of fused-ring (bicyclic) bond motifs is 10. The van der Waals surface area contributed by atoms with Crippen molar-refractivity contribution in [3.05, 3.63) is 479 Å². The molecule has 2 aliphatic heterocycles. The highest BCUT2D eigenvalue weighted by atomic mass is 15.2. The average Bonchev–Trinajstić information content (AvgIpc) is 1.59. The van der Waals surface area contributed by atoms with Crippen LogP contribution in [0.25, 0.3) is 177 Å². The number of para-hydroxylation sites is 4. The number of anilines is 6. The maximum absolute atomic E-state index is 10.2. The van der Waals surface area contributed by atoms with Gasteiger partial charge in [0.05, 0.1) is 55.4 Å². The molecule has 2 aromatic heterocycles. The zero-order chi connectivity index (χ0) is 96.3. The molecule has 0 saturated heterocycles. The molecule has 0 saturated carbocycles. The van der Waals surface area contributed by atoms with Gasteiger partial charge in [-0.3, -0.25) is 0 Å². The third-order valence-corrected chi connectivity index (χ3v) is 24.7. The van der Waals surface area contributed by atoms with Crippen molar-refractivity contribution in [3.63, 3.8) is 0 Å². The predicted molar refractivity (Wildman–Crippen MR) is 529 cm³/mol. The van der Waals surface area contributed by atoms with Gasteiger partial charge in [-0.1, -0.05) is 364 Å². The van der Waals surface area contributed by atoms with Gasteiger partial charge in [0.1, 0.15) is 0 Å². The summed E-state index contributed by atoms with van der Waals surface area (Å²) in [6, 6.07) is 123. The van der Waals surface area contributed by atoms with Gasteiger partial charge in [0.2, 0.25) is 0 Å². The Balaban J connectivity index is 0.940. The maximum atomic E-state index is 10.2. The molecule has 0 N–H and O–H groups in total. The van der Waals surface area contributed by atoms with Gasteiger partial charge in [-0.25, -0.2) is 0 Å². The lowest BCUT2D eigenvalue weighted by Crippen LogP contribution is -2.61. The van der Waals surface area contributed by atoms with Crippen LogP contribution in [0.2, 0.25) is 0 Å². The fourth-order valence-corrected chi connectivity index (χ4v) is 19.1. The fraction of sp³-hybridized carbons (Fsp3) is 0. The zero-order valence-electron chi connectivity index (χ0n) is 83.2. The second-order valence-corrected chi connectivity index (χ2v) is 31.8. The van der Waals surface area contributed by atoms with Crippen molar-refractivity contribution in [2.75, 3.05) is 9.80 Å². The number of rotatable bonds is 15. The van der Waals surface area contributed by atoms with Gasteiger partial charge in [-0.05, 0) is 232 Å². The van der Waals surface area contributed by atoms with Crippen molar-refractivity contribution in [1.29, 1.82) is 0 Å². The van der Waals surface area contributed by atoms with Crippen molar-refractivity contribution in [3.8, 4) is 134 Å². The van der Waals surface area contributed by atoms with Crippen LogP contribution >= 0.6 is 0 Å². The second kappa shape index (κ2) is 30.4. The first kappa shape index (κ1) is 57.8. The molecule has 0 amide bonds. The molecule has 0 spiro atoms. The Morgan fingerprint density at radius 1 is 0.184 bits per heavy atom. The maximum Gasteiger partial charge on any atom is 0.252 e. The van der Waals surface area contributed by atoms with Gasteiger partial charge in [-0.2, -0.15) is 0 Å². The lowest BCUT2D eigenvalue weighted by molar-refractivity contribution is 1.17. The Morgan fingerprint density at radius 3 is 0.744 bits per heavy atom. The summed E-state index contributed by atoms with van der Waals surface area (Å²) in [5.41, 5.74) is 25.3. The van der Waals surface area contributed by atoms with Gasteiger partial charge < -0.3 is 18.9 Å². The first-order valence-corrected chi connectivity index (χ1v) is 41.9. The van der Waals surface area contributed by atoms with E-state index in [0.717, 1.165) is 128 Å². The molecule has 0 aliphatic carbocycles. The number of aromatic nitrogens is 2. The topological polar surface area (TPSA) is 16.3 Å². The van der Waals surface area contributed by atoms with Crippen molar-refractivity contribution >= 4 is 101 Å². The Morgan fingerprint density at radius 2 is 0.424 bits per heavy atom. The minimum atomic E-state index is -0.900. The summed E-state index contributed by atoms with van der Waals surface area (Å²) in [6.45, 7) is -0.900. The van der Waals surface area contributed by atoms with E-state index in [9.17, 15) is 21.9 Å². The normalized spacial score (nSPS) is 13.9. The molecule has 0 bridgehead atoms. The summed E-state index contributed by atoms with van der Waals surface area (Å²) >= 11 is 0. The Bertz CT molecular complexity index is 8610. The highest BCUT2D eigenvalue weighted by Gasteiger charge is 2.46. The van der Waals surface area contributed by atoms with E-state index < -0.39 is 103 Å². The molecule has 24 rings (SSSR count). The Hall–Kier alpha value is -16.3. The summed E-state index contributed by atoms with van der Waals surface area (Å²) in [5.74, 6) is 0. The SMILES string of the molecule is [2H]c1c([2H])c([2H])c2c(c1[2H])c1c([2H])c([2H])c([2H])c([2H])c1n2-c1ccc2c(c1)N(c1c(-c3ccccc3)cc(-c3ccccc3)cc1-c1ccccc1)c1cc(-c3cc(-c4ccccc4)cc(-c4ccccc4)c3)cc3c1B2c1ccc(-n2c4c([2H])c([2H])c([2H])c([2H])c4c4c([2H])c([2H])c([2H])c([2H])c42)cc1N3c1c(-c2cccc(-c3ccccc3)c2)cc(-c2ccccc2)cc1-c1cccc(-c2ccccc2)c1. The fourth-order valence-electron chi connectivity index (χ4n) is 19.1. The van der Waals surface area contributed by atoms with Gasteiger partial charge in [0.15, 0.2) is 0 Å². The summed E-state index contributed by atoms with van der Waals surface area (Å²) in [5, 5.41) is -0.398. The van der Waals surface area contributed by atoms with Crippen LogP contribution in [0, 0.1) is 0 Å². The highest BCUT2D eigenvalue weighted by Crippen LogP contribution is 2.57. The minimum Gasteiger partial charge on any atom is -0.310 e. The van der Waals surface area contributed by atoms with Gasteiger partial charge in [0, 0.05) is 77.9 Å². The third kappa shape index (κ3) is 12.5.